The van der Waals surface area contributed by atoms with Crippen molar-refractivity contribution < 1.29 is 4.74 Å². The molecule has 1 saturated heterocycles. The lowest BCUT2D eigenvalue weighted by Gasteiger charge is -2.24. The highest BCUT2D eigenvalue weighted by Crippen LogP contribution is 2.09. The van der Waals surface area contributed by atoms with E-state index in [4.69, 9.17) is 4.74 Å². The molecule has 1 aliphatic rings. The lowest BCUT2D eigenvalue weighted by molar-refractivity contribution is 0.0827. The van der Waals surface area contributed by atoms with Gasteiger partial charge in [-0.15, -0.1) is 0 Å². The third kappa shape index (κ3) is 6.92. The van der Waals surface area contributed by atoms with E-state index in [9.17, 15) is 0 Å². The number of aliphatic imine (C=N–C) groups is 1. The summed E-state index contributed by atoms with van der Waals surface area (Å²) < 4.78 is 5.34. The summed E-state index contributed by atoms with van der Waals surface area (Å²) in [5, 5.41) is 3.39. The minimum Gasteiger partial charge on any atom is -0.381 e. The van der Waals surface area contributed by atoms with Gasteiger partial charge in [0.2, 0.25) is 0 Å². The van der Waals surface area contributed by atoms with Gasteiger partial charge in [-0.2, -0.15) is 0 Å². The number of ether oxygens (including phenoxy) is 1. The molecule has 0 bridgehead atoms. The van der Waals surface area contributed by atoms with Gasteiger partial charge in [-0.1, -0.05) is 20.3 Å². The zero-order valence-electron chi connectivity index (χ0n) is 13.1. The minimum atomic E-state index is 0.247. The number of hydrogen-bond acceptors (Lipinski definition) is 3. The van der Waals surface area contributed by atoms with Gasteiger partial charge in [0.25, 0.3) is 0 Å². The van der Waals surface area contributed by atoms with Crippen LogP contribution in [0.2, 0.25) is 0 Å². The Morgan fingerprint density at radius 3 is 2.68 bits per heavy atom. The quantitative estimate of drug-likeness (QED) is 0.543. The van der Waals surface area contributed by atoms with Gasteiger partial charge in [0.1, 0.15) is 6.17 Å². The first-order chi connectivity index (χ1) is 9.13. The van der Waals surface area contributed by atoms with Crippen molar-refractivity contribution in [3.8, 4) is 0 Å². The highest BCUT2D eigenvalue weighted by Gasteiger charge is 2.12. The van der Waals surface area contributed by atoms with Crippen LogP contribution >= 0.6 is 0 Å². The number of nitrogens with one attached hydrogen (secondary N) is 1. The minimum absolute atomic E-state index is 0.247. The van der Waals surface area contributed by atoms with Gasteiger partial charge >= 0.3 is 0 Å². The van der Waals surface area contributed by atoms with Gasteiger partial charge in [0, 0.05) is 25.8 Å². The molecular weight excluding hydrogens is 238 g/mol. The van der Waals surface area contributed by atoms with Crippen LogP contribution < -0.4 is 5.32 Å². The maximum atomic E-state index is 5.34. The fourth-order valence-corrected chi connectivity index (χ4v) is 2.05. The van der Waals surface area contributed by atoms with Gasteiger partial charge in [-0.25, -0.2) is 0 Å². The van der Waals surface area contributed by atoms with Gasteiger partial charge in [-0.3, -0.25) is 9.89 Å². The highest BCUT2D eigenvalue weighted by atomic mass is 16.5. The van der Waals surface area contributed by atoms with E-state index in [0.717, 1.165) is 38.5 Å². The highest BCUT2D eigenvalue weighted by molar-refractivity contribution is 5.54. The molecule has 0 spiro atoms. The van der Waals surface area contributed by atoms with Crippen molar-refractivity contribution in [2.45, 2.75) is 58.7 Å². The van der Waals surface area contributed by atoms with E-state index in [-0.39, 0.29) is 6.17 Å². The molecule has 0 aromatic carbocycles. The molecule has 0 saturated carbocycles. The summed E-state index contributed by atoms with van der Waals surface area (Å²) in [6, 6.07) is 0.537. The molecule has 1 heterocycles. The van der Waals surface area contributed by atoms with Gasteiger partial charge < -0.3 is 10.1 Å². The van der Waals surface area contributed by atoms with E-state index >= 15 is 0 Å². The van der Waals surface area contributed by atoms with Crippen LogP contribution in [0.25, 0.3) is 0 Å². The van der Waals surface area contributed by atoms with Crippen molar-refractivity contribution in [2.24, 2.45) is 10.9 Å². The Morgan fingerprint density at radius 2 is 2.05 bits per heavy atom. The Morgan fingerprint density at radius 1 is 1.37 bits per heavy atom. The maximum Gasteiger partial charge on any atom is 0.100 e. The van der Waals surface area contributed by atoms with E-state index < -0.39 is 0 Å². The van der Waals surface area contributed by atoms with Gasteiger partial charge in [-0.05, 0) is 39.2 Å². The zero-order chi connectivity index (χ0) is 14.1. The van der Waals surface area contributed by atoms with E-state index in [1.54, 1.807) is 0 Å². The summed E-state index contributed by atoms with van der Waals surface area (Å²) in [6.45, 7) is 9.58. The summed E-state index contributed by atoms with van der Waals surface area (Å²) >= 11 is 0. The van der Waals surface area contributed by atoms with Crippen LogP contribution in [0.15, 0.2) is 4.99 Å². The molecule has 1 aliphatic heterocycles. The summed E-state index contributed by atoms with van der Waals surface area (Å²) in [4.78, 5) is 6.88. The zero-order valence-corrected chi connectivity index (χ0v) is 13.1. The standard InChI is InChI=1S/C15H31N3O/c1-5-13(2)6-9-18(4)14(3)16-12-17-15-7-10-19-11-8-15/h12-15H,5-11H2,1-4H3,(H,16,17). The second-order valence-corrected chi connectivity index (χ2v) is 5.75. The molecule has 2 unspecified atom stereocenters. The second kappa shape index (κ2) is 9.32. The topological polar surface area (TPSA) is 36.9 Å². The van der Waals surface area contributed by atoms with E-state index in [2.05, 4.69) is 43.0 Å². The summed E-state index contributed by atoms with van der Waals surface area (Å²) in [5.74, 6) is 0.805. The molecule has 4 heteroatoms. The Bertz CT molecular complexity index is 252. The fourth-order valence-electron chi connectivity index (χ4n) is 2.05. The fraction of sp³-hybridized carbons (Fsp3) is 0.933. The molecule has 19 heavy (non-hydrogen) atoms. The first-order valence-corrected chi connectivity index (χ1v) is 7.69. The Hall–Kier alpha value is -0.610. The molecule has 0 amide bonds. The molecule has 0 aliphatic carbocycles. The van der Waals surface area contributed by atoms with E-state index in [0.29, 0.717) is 6.04 Å². The molecular formula is C15H31N3O. The monoisotopic (exact) mass is 269 g/mol. The lowest BCUT2D eigenvalue weighted by Crippen LogP contribution is -2.35. The molecule has 1 rings (SSSR count). The summed E-state index contributed by atoms with van der Waals surface area (Å²) in [6.07, 6.45) is 6.82. The van der Waals surface area contributed by atoms with Crippen molar-refractivity contribution >= 4 is 6.34 Å². The van der Waals surface area contributed by atoms with Crippen LogP contribution in [-0.4, -0.2) is 50.3 Å². The van der Waals surface area contributed by atoms with Crippen molar-refractivity contribution in [3.05, 3.63) is 0 Å². The molecule has 4 nitrogen and oxygen atoms in total. The molecule has 112 valence electrons. The average Bonchev–Trinajstić information content (AvgIpc) is 2.45. The van der Waals surface area contributed by atoms with Crippen LogP contribution in [0.5, 0.6) is 0 Å². The second-order valence-electron chi connectivity index (χ2n) is 5.75. The van der Waals surface area contributed by atoms with Crippen molar-refractivity contribution in [3.63, 3.8) is 0 Å². The Labute approximate surface area is 118 Å². The Balaban J connectivity index is 2.18. The lowest BCUT2D eigenvalue weighted by atomic mass is 10.1. The molecule has 1 fully saturated rings. The van der Waals surface area contributed by atoms with Gasteiger partial charge in [0.15, 0.2) is 0 Å². The first-order valence-electron chi connectivity index (χ1n) is 7.69. The van der Waals surface area contributed by atoms with E-state index in [1.807, 2.05) is 6.34 Å². The predicted molar refractivity (Wildman–Crippen MR) is 81.6 cm³/mol. The third-order valence-electron chi connectivity index (χ3n) is 4.13. The summed E-state index contributed by atoms with van der Waals surface area (Å²) in [5.41, 5.74) is 0. The van der Waals surface area contributed by atoms with Crippen molar-refractivity contribution in [1.29, 1.82) is 0 Å². The molecule has 1 N–H and O–H groups in total. The smallest absolute Gasteiger partial charge is 0.100 e. The predicted octanol–water partition coefficient (Wildman–Crippen LogP) is 2.50. The number of hydrogen-bond donors (Lipinski definition) is 1. The van der Waals surface area contributed by atoms with Crippen LogP contribution in [0.1, 0.15) is 46.5 Å². The molecule has 2 atom stereocenters. The molecule has 0 aromatic heterocycles. The third-order valence-corrected chi connectivity index (χ3v) is 4.13. The molecule has 0 aromatic rings. The van der Waals surface area contributed by atoms with Crippen LogP contribution in [0.4, 0.5) is 0 Å². The van der Waals surface area contributed by atoms with Crippen LogP contribution in [-0.2, 0) is 4.74 Å². The molecule has 0 radical (unpaired) electrons. The van der Waals surface area contributed by atoms with Crippen LogP contribution in [0.3, 0.4) is 0 Å². The SMILES string of the molecule is CCC(C)CCN(C)C(C)/N=C/NC1CCOCC1. The van der Waals surface area contributed by atoms with Crippen molar-refractivity contribution in [1.82, 2.24) is 10.2 Å². The van der Waals surface area contributed by atoms with Gasteiger partial charge in [0.05, 0.1) is 6.34 Å². The largest absolute Gasteiger partial charge is 0.381 e. The summed E-state index contributed by atoms with van der Waals surface area (Å²) in [7, 11) is 2.15. The Kier molecular flexibility index (Phi) is 8.07. The number of rotatable bonds is 8. The first kappa shape index (κ1) is 16.4. The maximum absolute atomic E-state index is 5.34. The van der Waals surface area contributed by atoms with Crippen LogP contribution in [0, 0.1) is 5.92 Å². The van der Waals surface area contributed by atoms with E-state index in [1.165, 1.54) is 12.8 Å². The normalized spacial score (nSPS) is 20.9. The average molecular weight is 269 g/mol. The van der Waals surface area contributed by atoms with Crippen molar-refractivity contribution in [2.75, 3.05) is 26.8 Å². The number of nitrogens with zero attached hydrogens (tertiary/aromatic N) is 2.